The first-order valence-corrected chi connectivity index (χ1v) is 10.7. The first kappa shape index (κ1) is 18.6. The van der Waals surface area contributed by atoms with Gasteiger partial charge in [0.15, 0.2) is 11.5 Å². The zero-order valence-corrected chi connectivity index (χ0v) is 17.1. The Bertz CT molecular complexity index is 866. The number of hydrogen-bond donors (Lipinski definition) is 0. The normalized spacial score (nSPS) is 19.8. The van der Waals surface area contributed by atoms with Gasteiger partial charge in [0.05, 0.1) is 5.69 Å². The van der Waals surface area contributed by atoms with Gasteiger partial charge in [0.2, 0.25) is 5.95 Å². The average molecular weight is 396 g/mol. The molecule has 2 aromatic rings. The van der Waals surface area contributed by atoms with Gasteiger partial charge in [0.25, 0.3) is 0 Å². The van der Waals surface area contributed by atoms with Gasteiger partial charge in [-0.25, -0.2) is 9.97 Å². The number of hydrogen-bond acceptors (Lipinski definition) is 7. The molecule has 7 nitrogen and oxygen atoms in total. The van der Waals surface area contributed by atoms with E-state index in [0.29, 0.717) is 13.2 Å². The first-order chi connectivity index (χ1) is 14.3. The second-order valence-electron chi connectivity index (χ2n) is 8.00. The predicted molar refractivity (Wildman–Crippen MR) is 112 cm³/mol. The van der Waals surface area contributed by atoms with Gasteiger partial charge < -0.3 is 19.3 Å². The maximum absolute atomic E-state index is 5.72. The predicted octanol–water partition coefficient (Wildman–Crippen LogP) is 1.95. The quantitative estimate of drug-likeness (QED) is 0.784. The van der Waals surface area contributed by atoms with Crippen molar-refractivity contribution < 1.29 is 9.47 Å². The molecule has 3 aliphatic rings. The van der Waals surface area contributed by atoms with Crippen LogP contribution >= 0.6 is 0 Å². The fourth-order valence-corrected chi connectivity index (χ4v) is 4.36. The Labute approximate surface area is 172 Å². The Kier molecular flexibility index (Phi) is 5.24. The van der Waals surface area contributed by atoms with Crippen molar-refractivity contribution >= 4 is 5.95 Å². The lowest BCUT2D eigenvalue weighted by atomic mass is 10.1. The summed E-state index contributed by atoms with van der Waals surface area (Å²) in [6, 6.07) is 6.27. The highest BCUT2D eigenvalue weighted by Crippen LogP contribution is 2.31. The second kappa shape index (κ2) is 8.16. The Morgan fingerprint density at radius 3 is 2.62 bits per heavy atom. The van der Waals surface area contributed by atoms with Crippen LogP contribution < -0.4 is 14.4 Å². The van der Waals surface area contributed by atoms with Crippen LogP contribution in [0.2, 0.25) is 0 Å². The lowest BCUT2D eigenvalue weighted by Gasteiger charge is -2.35. The van der Waals surface area contributed by atoms with Crippen LogP contribution in [0.15, 0.2) is 24.4 Å². The van der Waals surface area contributed by atoms with Crippen LogP contribution in [0.3, 0.4) is 0 Å². The number of piperazine rings is 1. The maximum Gasteiger partial charge on any atom is 0.225 e. The molecule has 154 valence electrons. The molecule has 4 heterocycles. The summed E-state index contributed by atoms with van der Waals surface area (Å²) < 4.78 is 11.3. The van der Waals surface area contributed by atoms with E-state index in [1.165, 1.54) is 16.8 Å². The van der Waals surface area contributed by atoms with Crippen LogP contribution in [0.1, 0.15) is 23.7 Å². The lowest BCUT2D eigenvalue weighted by Crippen LogP contribution is -2.47. The van der Waals surface area contributed by atoms with E-state index in [1.807, 2.05) is 12.3 Å². The highest BCUT2D eigenvalue weighted by molar-refractivity contribution is 5.44. The van der Waals surface area contributed by atoms with E-state index in [9.17, 15) is 0 Å². The number of rotatable bonds is 4. The summed E-state index contributed by atoms with van der Waals surface area (Å²) in [4.78, 5) is 16.9. The van der Waals surface area contributed by atoms with E-state index >= 15 is 0 Å². The highest BCUT2D eigenvalue weighted by Gasteiger charge is 2.23. The number of ether oxygens (including phenoxy) is 2. The summed E-state index contributed by atoms with van der Waals surface area (Å²) in [6.07, 6.45) is 3.02. The van der Waals surface area contributed by atoms with Gasteiger partial charge in [-0.1, -0.05) is 13.0 Å². The first-order valence-electron chi connectivity index (χ1n) is 10.7. The number of likely N-dealkylation sites (N-methyl/N-ethyl adjacent to an activating group) is 1. The van der Waals surface area contributed by atoms with E-state index in [4.69, 9.17) is 19.4 Å². The molecule has 0 radical (unpaired) electrons. The largest absolute Gasteiger partial charge is 0.486 e. The third kappa shape index (κ3) is 4.02. The summed E-state index contributed by atoms with van der Waals surface area (Å²) >= 11 is 0. The van der Waals surface area contributed by atoms with Crippen molar-refractivity contribution in [1.29, 1.82) is 0 Å². The van der Waals surface area contributed by atoms with Crippen LogP contribution in [0, 0.1) is 0 Å². The van der Waals surface area contributed by atoms with Crippen molar-refractivity contribution in [2.45, 2.75) is 26.4 Å². The van der Waals surface area contributed by atoms with Gasteiger partial charge in [0, 0.05) is 64.0 Å². The molecule has 0 aliphatic carbocycles. The number of benzene rings is 1. The molecule has 0 spiro atoms. The monoisotopic (exact) mass is 395 g/mol. The van der Waals surface area contributed by atoms with Gasteiger partial charge in [-0.05, 0) is 24.2 Å². The van der Waals surface area contributed by atoms with Gasteiger partial charge in [-0.3, -0.25) is 4.90 Å². The molecule has 1 fully saturated rings. The number of anilines is 1. The Hall–Kier alpha value is -2.38. The third-order valence-electron chi connectivity index (χ3n) is 6.12. The SMILES string of the molecule is CCN1CCN(c2ncc3c(n2)CCN(Cc2ccc4c(c2)OCCO4)C3)CC1. The number of nitrogens with zero attached hydrogens (tertiary/aromatic N) is 5. The second-order valence-corrected chi connectivity index (χ2v) is 8.00. The van der Waals surface area contributed by atoms with Gasteiger partial charge >= 0.3 is 0 Å². The summed E-state index contributed by atoms with van der Waals surface area (Å²) in [5, 5.41) is 0. The molecule has 3 aliphatic heterocycles. The molecule has 0 saturated carbocycles. The van der Waals surface area contributed by atoms with E-state index in [1.54, 1.807) is 0 Å². The summed E-state index contributed by atoms with van der Waals surface area (Å²) in [7, 11) is 0. The van der Waals surface area contributed by atoms with E-state index in [0.717, 1.165) is 76.2 Å². The minimum Gasteiger partial charge on any atom is -0.486 e. The maximum atomic E-state index is 5.72. The average Bonchev–Trinajstić information content (AvgIpc) is 2.79. The van der Waals surface area contributed by atoms with E-state index in [-0.39, 0.29) is 0 Å². The third-order valence-corrected chi connectivity index (χ3v) is 6.12. The number of aromatic nitrogens is 2. The highest BCUT2D eigenvalue weighted by atomic mass is 16.6. The molecule has 1 aromatic heterocycles. The molecule has 1 saturated heterocycles. The van der Waals surface area contributed by atoms with Crippen LogP contribution in [0.5, 0.6) is 11.5 Å². The Morgan fingerprint density at radius 2 is 1.79 bits per heavy atom. The van der Waals surface area contributed by atoms with E-state index < -0.39 is 0 Å². The molecule has 0 N–H and O–H groups in total. The van der Waals surface area contributed by atoms with Gasteiger partial charge in [-0.15, -0.1) is 0 Å². The zero-order chi connectivity index (χ0) is 19.6. The molecular weight excluding hydrogens is 366 g/mol. The van der Waals surface area contributed by atoms with Crippen molar-refractivity contribution in [2.75, 3.05) is 57.4 Å². The summed E-state index contributed by atoms with van der Waals surface area (Å²) in [5.74, 6) is 2.62. The van der Waals surface area contributed by atoms with Crippen molar-refractivity contribution in [3.05, 3.63) is 41.2 Å². The fraction of sp³-hybridized carbons (Fsp3) is 0.545. The van der Waals surface area contributed by atoms with Crippen LogP contribution in [0.25, 0.3) is 0 Å². The molecule has 0 unspecified atom stereocenters. The Balaban J connectivity index is 1.23. The van der Waals surface area contributed by atoms with Gasteiger partial charge in [-0.2, -0.15) is 0 Å². The zero-order valence-electron chi connectivity index (χ0n) is 17.1. The van der Waals surface area contributed by atoms with Crippen molar-refractivity contribution in [1.82, 2.24) is 19.8 Å². The van der Waals surface area contributed by atoms with Crippen molar-refractivity contribution in [2.24, 2.45) is 0 Å². The Morgan fingerprint density at radius 1 is 0.966 bits per heavy atom. The minimum absolute atomic E-state index is 0.626. The smallest absolute Gasteiger partial charge is 0.225 e. The van der Waals surface area contributed by atoms with Crippen molar-refractivity contribution in [3.8, 4) is 11.5 Å². The lowest BCUT2D eigenvalue weighted by molar-refractivity contribution is 0.171. The molecular formula is C22H29N5O2. The molecule has 1 aromatic carbocycles. The summed E-state index contributed by atoms with van der Waals surface area (Å²) in [5.41, 5.74) is 3.72. The minimum atomic E-state index is 0.626. The molecule has 29 heavy (non-hydrogen) atoms. The summed E-state index contributed by atoms with van der Waals surface area (Å²) in [6.45, 7) is 11.6. The molecule has 0 bridgehead atoms. The van der Waals surface area contributed by atoms with Crippen LogP contribution in [-0.2, 0) is 19.5 Å². The topological polar surface area (TPSA) is 54.0 Å². The van der Waals surface area contributed by atoms with E-state index in [2.05, 4.69) is 33.8 Å². The van der Waals surface area contributed by atoms with Gasteiger partial charge in [0.1, 0.15) is 13.2 Å². The van der Waals surface area contributed by atoms with Crippen LogP contribution in [0.4, 0.5) is 5.95 Å². The molecule has 0 amide bonds. The van der Waals surface area contributed by atoms with Crippen molar-refractivity contribution in [3.63, 3.8) is 0 Å². The standard InChI is InChI=1S/C22H29N5O2/c1-2-25-7-9-27(10-8-25)22-23-14-18-16-26(6-5-19(18)24-22)15-17-3-4-20-21(13-17)29-12-11-28-20/h3-4,13-14H,2,5-12,15-16H2,1H3. The van der Waals surface area contributed by atoms with Crippen LogP contribution in [-0.4, -0.2) is 72.3 Å². The number of fused-ring (bicyclic) bond motifs is 2. The fourth-order valence-electron chi connectivity index (χ4n) is 4.36. The molecule has 5 rings (SSSR count). The molecule has 0 atom stereocenters. The molecule has 7 heteroatoms.